The zero-order valence-corrected chi connectivity index (χ0v) is 20.9. The first-order valence-corrected chi connectivity index (χ1v) is 11.9. The van der Waals surface area contributed by atoms with Crippen molar-refractivity contribution in [3.63, 3.8) is 0 Å². The highest BCUT2D eigenvalue weighted by Crippen LogP contribution is 2.26. The molecule has 1 amide bonds. The van der Waals surface area contributed by atoms with Crippen molar-refractivity contribution in [2.24, 2.45) is 0 Å². The Balaban J connectivity index is 1.55. The highest BCUT2D eigenvalue weighted by Gasteiger charge is 2.20. The first-order valence-electron chi connectivity index (χ1n) is 11.1. The van der Waals surface area contributed by atoms with Gasteiger partial charge in [-0.1, -0.05) is 76.6 Å². The number of amides is 1. The normalized spacial score (nSPS) is 10.4. The first-order chi connectivity index (χ1) is 17.8. The van der Waals surface area contributed by atoms with E-state index in [4.69, 9.17) is 0 Å². The standard InChI is InChI=1S/C28H20BrN3O5/c29-20-11-13-24(22(15-20)27(34)18-7-3-1-4-8-18)30-17-26(33)31-25-14-12-21(32(36)37)16-23(25)28(35)19-9-5-2-6-10-19/h1-16,30H,17H2,(H,31,33). The van der Waals surface area contributed by atoms with Gasteiger partial charge in [0.25, 0.3) is 5.69 Å². The summed E-state index contributed by atoms with van der Waals surface area (Å²) in [6.45, 7) is -0.216. The Kier molecular flexibility index (Phi) is 7.85. The van der Waals surface area contributed by atoms with Crippen LogP contribution in [0, 0.1) is 10.1 Å². The lowest BCUT2D eigenvalue weighted by Gasteiger charge is -2.14. The summed E-state index contributed by atoms with van der Waals surface area (Å²) >= 11 is 3.38. The highest BCUT2D eigenvalue weighted by molar-refractivity contribution is 9.10. The molecule has 4 aromatic rings. The fourth-order valence-corrected chi connectivity index (χ4v) is 4.02. The quantitative estimate of drug-likeness (QED) is 0.151. The maximum Gasteiger partial charge on any atom is 0.270 e. The third kappa shape index (κ3) is 6.14. The Morgan fingerprint density at radius 3 is 1.84 bits per heavy atom. The van der Waals surface area contributed by atoms with Gasteiger partial charge < -0.3 is 10.6 Å². The summed E-state index contributed by atoms with van der Waals surface area (Å²) in [5.74, 6) is -1.18. The Morgan fingerprint density at radius 1 is 0.730 bits per heavy atom. The Morgan fingerprint density at radius 2 is 1.27 bits per heavy atom. The first kappa shape index (κ1) is 25.5. The maximum absolute atomic E-state index is 13.1. The molecule has 0 aromatic heterocycles. The van der Waals surface area contributed by atoms with Crippen molar-refractivity contribution in [1.82, 2.24) is 0 Å². The molecular weight excluding hydrogens is 538 g/mol. The van der Waals surface area contributed by atoms with Crippen LogP contribution in [0.5, 0.6) is 0 Å². The number of anilines is 2. The van der Waals surface area contributed by atoms with E-state index >= 15 is 0 Å². The van der Waals surface area contributed by atoms with E-state index in [0.717, 1.165) is 6.07 Å². The molecule has 8 nitrogen and oxygen atoms in total. The van der Waals surface area contributed by atoms with Gasteiger partial charge in [0.2, 0.25) is 5.91 Å². The molecule has 0 atom stereocenters. The minimum absolute atomic E-state index is 0.00247. The Hall–Kier alpha value is -4.63. The molecule has 4 aromatic carbocycles. The number of nitro benzene ring substituents is 1. The van der Waals surface area contributed by atoms with Crippen molar-refractivity contribution in [3.8, 4) is 0 Å². The third-order valence-electron chi connectivity index (χ3n) is 5.47. The lowest BCUT2D eigenvalue weighted by molar-refractivity contribution is -0.384. The number of hydrogen-bond acceptors (Lipinski definition) is 6. The van der Waals surface area contributed by atoms with Gasteiger partial charge >= 0.3 is 0 Å². The predicted molar refractivity (Wildman–Crippen MR) is 144 cm³/mol. The molecule has 0 fully saturated rings. The molecule has 0 heterocycles. The number of benzene rings is 4. The van der Waals surface area contributed by atoms with Gasteiger partial charge in [0, 0.05) is 39.0 Å². The van der Waals surface area contributed by atoms with E-state index in [1.54, 1.807) is 72.8 Å². The van der Waals surface area contributed by atoms with Crippen molar-refractivity contribution in [3.05, 3.63) is 134 Å². The van der Waals surface area contributed by atoms with Gasteiger partial charge in [-0.3, -0.25) is 24.5 Å². The minimum Gasteiger partial charge on any atom is -0.376 e. The number of nitro groups is 1. The van der Waals surface area contributed by atoms with Gasteiger partial charge in [-0.05, 0) is 24.3 Å². The predicted octanol–water partition coefficient (Wildman–Crippen LogP) is 5.87. The minimum atomic E-state index is -0.603. The van der Waals surface area contributed by atoms with E-state index in [2.05, 4.69) is 26.6 Å². The van der Waals surface area contributed by atoms with Crippen LogP contribution >= 0.6 is 15.9 Å². The number of hydrogen-bond donors (Lipinski definition) is 2. The third-order valence-corrected chi connectivity index (χ3v) is 5.96. The van der Waals surface area contributed by atoms with Crippen LogP contribution in [0.1, 0.15) is 31.8 Å². The van der Waals surface area contributed by atoms with Crippen LogP contribution < -0.4 is 10.6 Å². The molecule has 0 spiro atoms. The molecule has 9 heteroatoms. The lowest BCUT2D eigenvalue weighted by Crippen LogP contribution is -2.24. The summed E-state index contributed by atoms with van der Waals surface area (Å²) in [6.07, 6.45) is 0. The van der Waals surface area contributed by atoms with E-state index in [1.165, 1.54) is 12.1 Å². The van der Waals surface area contributed by atoms with Crippen molar-refractivity contribution in [1.29, 1.82) is 0 Å². The summed E-state index contributed by atoms with van der Waals surface area (Å²) in [6, 6.07) is 25.8. The topological polar surface area (TPSA) is 118 Å². The summed E-state index contributed by atoms with van der Waals surface area (Å²) in [5, 5.41) is 16.9. The van der Waals surface area contributed by atoms with E-state index < -0.39 is 16.6 Å². The van der Waals surface area contributed by atoms with E-state index in [9.17, 15) is 24.5 Å². The molecule has 184 valence electrons. The van der Waals surface area contributed by atoms with Gasteiger partial charge in [-0.15, -0.1) is 0 Å². The van der Waals surface area contributed by atoms with Crippen LogP contribution in [0.3, 0.4) is 0 Å². The molecule has 0 radical (unpaired) electrons. The van der Waals surface area contributed by atoms with Crippen LogP contribution in [0.15, 0.2) is 102 Å². The Bertz CT molecular complexity index is 1490. The van der Waals surface area contributed by atoms with Gasteiger partial charge in [0.1, 0.15) is 0 Å². The fraction of sp³-hybridized carbons (Fsp3) is 0.0357. The zero-order chi connectivity index (χ0) is 26.4. The number of nitrogens with one attached hydrogen (secondary N) is 2. The van der Waals surface area contributed by atoms with Crippen molar-refractivity contribution < 1.29 is 19.3 Å². The second-order valence-corrected chi connectivity index (χ2v) is 8.88. The van der Waals surface area contributed by atoms with E-state index in [-0.39, 0.29) is 29.3 Å². The van der Waals surface area contributed by atoms with Crippen LogP contribution in [-0.2, 0) is 4.79 Å². The molecule has 2 N–H and O–H groups in total. The van der Waals surface area contributed by atoms with Crippen molar-refractivity contribution in [2.75, 3.05) is 17.2 Å². The number of carbonyl (C=O) groups is 3. The van der Waals surface area contributed by atoms with Gasteiger partial charge in [0.05, 0.1) is 22.7 Å². The summed E-state index contributed by atoms with van der Waals surface area (Å²) in [5.41, 5.74) is 1.54. The van der Waals surface area contributed by atoms with Gasteiger partial charge in [-0.25, -0.2) is 0 Å². The van der Waals surface area contributed by atoms with E-state index in [1.807, 2.05) is 6.07 Å². The maximum atomic E-state index is 13.1. The smallest absolute Gasteiger partial charge is 0.270 e. The van der Waals surface area contributed by atoms with Gasteiger partial charge in [0.15, 0.2) is 11.6 Å². The van der Waals surface area contributed by atoms with E-state index in [0.29, 0.717) is 26.9 Å². The van der Waals surface area contributed by atoms with Crippen LogP contribution in [-0.4, -0.2) is 28.9 Å². The lowest BCUT2D eigenvalue weighted by atomic mass is 10.0. The second kappa shape index (κ2) is 11.4. The van der Waals surface area contributed by atoms with Crippen molar-refractivity contribution >= 4 is 50.5 Å². The average Bonchev–Trinajstić information content (AvgIpc) is 2.92. The molecule has 0 unspecified atom stereocenters. The molecule has 0 bridgehead atoms. The number of nitrogens with zero attached hydrogens (tertiary/aromatic N) is 1. The largest absolute Gasteiger partial charge is 0.376 e. The zero-order valence-electron chi connectivity index (χ0n) is 19.3. The number of halogens is 1. The summed E-state index contributed by atoms with van der Waals surface area (Å²) in [4.78, 5) is 49.6. The molecule has 37 heavy (non-hydrogen) atoms. The molecule has 0 aliphatic rings. The molecule has 0 saturated carbocycles. The molecule has 0 saturated heterocycles. The summed E-state index contributed by atoms with van der Waals surface area (Å²) < 4.78 is 0.705. The number of non-ortho nitro benzene ring substituents is 1. The van der Waals surface area contributed by atoms with Crippen LogP contribution in [0.25, 0.3) is 0 Å². The molecular formula is C28H20BrN3O5. The van der Waals surface area contributed by atoms with Crippen LogP contribution in [0.4, 0.5) is 17.1 Å². The monoisotopic (exact) mass is 557 g/mol. The molecule has 0 aliphatic heterocycles. The highest BCUT2D eigenvalue weighted by atomic mass is 79.9. The van der Waals surface area contributed by atoms with Crippen molar-refractivity contribution in [2.45, 2.75) is 0 Å². The Labute approximate surface area is 220 Å². The summed E-state index contributed by atoms with van der Waals surface area (Å²) in [7, 11) is 0. The number of ketones is 2. The fourth-order valence-electron chi connectivity index (χ4n) is 3.66. The number of rotatable bonds is 9. The average molecular weight is 558 g/mol. The van der Waals surface area contributed by atoms with Crippen LogP contribution in [0.2, 0.25) is 0 Å². The van der Waals surface area contributed by atoms with Gasteiger partial charge in [-0.2, -0.15) is 0 Å². The molecule has 4 rings (SSSR count). The molecule has 0 aliphatic carbocycles. The SMILES string of the molecule is O=C(CNc1ccc(Br)cc1C(=O)c1ccccc1)Nc1ccc([N+](=O)[O-])cc1C(=O)c1ccccc1. The second-order valence-electron chi connectivity index (χ2n) is 7.97. The number of carbonyl (C=O) groups excluding carboxylic acids is 3.